The molecule has 15 heavy (non-hydrogen) atoms. The number of aldehydes is 1. The summed E-state index contributed by atoms with van der Waals surface area (Å²) in [5, 5.41) is 0. The van der Waals surface area contributed by atoms with E-state index in [0.717, 1.165) is 11.8 Å². The standard InChI is InChI=1S/C7H6O.C6H6.ClH/c8-6-7-4-2-1-3-5-7;1-2-4-6-5-3-1;/h1-6H;1-6H;1H. The number of benzene rings is 2. The lowest BCUT2D eigenvalue weighted by atomic mass is 10.2. The molecule has 0 spiro atoms. The number of hydrogen-bond donors (Lipinski definition) is 0. The van der Waals surface area contributed by atoms with Crippen LogP contribution in [0.2, 0.25) is 0 Å². The molecule has 0 saturated carbocycles. The molecular weight excluding hydrogens is 208 g/mol. The van der Waals surface area contributed by atoms with E-state index in [0.29, 0.717) is 0 Å². The predicted molar refractivity (Wildman–Crippen MR) is 65.5 cm³/mol. The number of carbonyl (C=O) groups is 1. The summed E-state index contributed by atoms with van der Waals surface area (Å²) in [5.41, 5.74) is 0.729. The van der Waals surface area contributed by atoms with Crippen molar-refractivity contribution in [1.82, 2.24) is 0 Å². The fourth-order valence-electron chi connectivity index (χ4n) is 0.917. The highest BCUT2D eigenvalue weighted by molar-refractivity contribution is 5.85. The summed E-state index contributed by atoms with van der Waals surface area (Å²) >= 11 is 0. The van der Waals surface area contributed by atoms with E-state index >= 15 is 0 Å². The molecule has 2 aromatic rings. The largest absolute Gasteiger partial charge is 0.298 e. The van der Waals surface area contributed by atoms with E-state index in [1.807, 2.05) is 54.6 Å². The molecule has 0 N–H and O–H groups in total. The van der Waals surface area contributed by atoms with E-state index in [1.165, 1.54) is 0 Å². The fourth-order valence-corrected chi connectivity index (χ4v) is 0.917. The van der Waals surface area contributed by atoms with Gasteiger partial charge in [-0.15, -0.1) is 12.4 Å². The van der Waals surface area contributed by atoms with Crippen molar-refractivity contribution in [3.05, 3.63) is 72.3 Å². The Kier molecular flexibility index (Phi) is 8.02. The minimum Gasteiger partial charge on any atom is -0.298 e. The van der Waals surface area contributed by atoms with Crippen LogP contribution in [0.5, 0.6) is 0 Å². The smallest absolute Gasteiger partial charge is 0.150 e. The van der Waals surface area contributed by atoms with Crippen molar-refractivity contribution in [3.63, 3.8) is 0 Å². The van der Waals surface area contributed by atoms with Gasteiger partial charge < -0.3 is 0 Å². The van der Waals surface area contributed by atoms with Gasteiger partial charge in [0, 0.05) is 5.56 Å². The third-order valence-corrected chi connectivity index (χ3v) is 1.60. The Hall–Kier alpha value is -1.60. The molecule has 0 aliphatic rings. The molecule has 2 aromatic carbocycles. The Morgan fingerprint density at radius 3 is 1.27 bits per heavy atom. The number of hydrogen-bond acceptors (Lipinski definition) is 1. The van der Waals surface area contributed by atoms with Gasteiger partial charge in [0.25, 0.3) is 0 Å². The van der Waals surface area contributed by atoms with E-state index < -0.39 is 0 Å². The zero-order valence-electron chi connectivity index (χ0n) is 8.24. The zero-order chi connectivity index (χ0) is 10.1. The molecule has 0 radical (unpaired) electrons. The maximum absolute atomic E-state index is 10.0. The monoisotopic (exact) mass is 220 g/mol. The normalized spacial score (nSPS) is 7.73. The summed E-state index contributed by atoms with van der Waals surface area (Å²) < 4.78 is 0. The van der Waals surface area contributed by atoms with Gasteiger partial charge in [-0.2, -0.15) is 0 Å². The molecule has 0 amide bonds. The molecule has 0 aliphatic heterocycles. The van der Waals surface area contributed by atoms with Crippen LogP contribution in [0, 0.1) is 0 Å². The molecule has 2 rings (SSSR count). The fraction of sp³-hybridized carbons (Fsp3) is 0. The van der Waals surface area contributed by atoms with Gasteiger partial charge in [-0.3, -0.25) is 4.79 Å². The summed E-state index contributed by atoms with van der Waals surface area (Å²) in [4.78, 5) is 10.0. The summed E-state index contributed by atoms with van der Waals surface area (Å²) in [6.07, 6.45) is 0.833. The van der Waals surface area contributed by atoms with Gasteiger partial charge in [-0.25, -0.2) is 0 Å². The number of carbonyl (C=O) groups excluding carboxylic acids is 1. The molecular formula is C13H13ClO. The average Bonchev–Trinajstić information content (AvgIpc) is 2.33. The van der Waals surface area contributed by atoms with E-state index in [4.69, 9.17) is 0 Å². The maximum atomic E-state index is 10.0. The molecule has 0 unspecified atom stereocenters. The van der Waals surface area contributed by atoms with Crippen LogP contribution in [-0.4, -0.2) is 6.29 Å². The highest BCUT2D eigenvalue weighted by Gasteiger charge is 1.79. The van der Waals surface area contributed by atoms with Crippen LogP contribution in [-0.2, 0) is 0 Å². The quantitative estimate of drug-likeness (QED) is 0.671. The zero-order valence-corrected chi connectivity index (χ0v) is 9.06. The molecule has 0 saturated heterocycles. The Balaban J connectivity index is 0.000000253. The highest BCUT2D eigenvalue weighted by atomic mass is 35.5. The first kappa shape index (κ1) is 13.4. The van der Waals surface area contributed by atoms with Crippen molar-refractivity contribution >= 4 is 18.7 Å². The third-order valence-electron chi connectivity index (χ3n) is 1.60. The summed E-state index contributed by atoms with van der Waals surface area (Å²) in [6.45, 7) is 0. The molecule has 78 valence electrons. The molecule has 0 aliphatic carbocycles. The van der Waals surface area contributed by atoms with Crippen molar-refractivity contribution < 1.29 is 4.79 Å². The maximum Gasteiger partial charge on any atom is 0.150 e. The van der Waals surface area contributed by atoms with Gasteiger partial charge in [-0.1, -0.05) is 66.7 Å². The number of rotatable bonds is 1. The van der Waals surface area contributed by atoms with Gasteiger partial charge in [0.15, 0.2) is 0 Å². The second kappa shape index (κ2) is 8.97. The van der Waals surface area contributed by atoms with Gasteiger partial charge in [-0.05, 0) is 0 Å². The molecule has 0 bridgehead atoms. The Morgan fingerprint density at radius 2 is 1.00 bits per heavy atom. The van der Waals surface area contributed by atoms with Gasteiger partial charge >= 0.3 is 0 Å². The van der Waals surface area contributed by atoms with E-state index in [2.05, 4.69) is 0 Å². The van der Waals surface area contributed by atoms with Crippen molar-refractivity contribution in [2.24, 2.45) is 0 Å². The van der Waals surface area contributed by atoms with Crippen LogP contribution < -0.4 is 0 Å². The topological polar surface area (TPSA) is 17.1 Å². The SMILES string of the molecule is Cl.O=Cc1ccccc1.c1ccccc1. The van der Waals surface area contributed by atoms with Crippen LogP contribution in [0.15, 0.2) is 66.7 Å². The van der Waals surface area contributed by atoms with E-state index in [9.17, 15) is 4.79 Å². The second-order valence-electron chi connectivity index (χ2n) is 2.68. The van der Waals surface area contributed by atoms with Crippen molar-refractivity contribution in [1.29, 1.82) is 0 Å². The Morgan fingerprint density at radius 1 is 0.667 bits per heavy atom. The summed E-state index contributed by atoms with van der Waals surface area (Å²) in [6, 6.07) is 21.1. The van der Waals surface area contributed by atoms with Crippen molar-refractivity contribution in [2.45, 2.75) is 0 Å². The minimum absolute atomic E-state index is 0. The van der Waals surface area contributed by atoms with Crippen molar-refractivity contribution in [3.8, 4) is 0 Å². The molecule has 0 atom stereocenters. The third kappa shape index (κ3) is 6.47. The first-order chi connectivity index (χ1) is 6.93. The summed E-state index contributed by atoms with van der Waals surface area (Å²) in [5.74, 6) is 0. The van der Waals surface area contributed by atoms with Gasteiger partial charge in [0.1, 0.15) is 6.29 Å². The molecule has 2 heteroatoms. The Bertz CT molecular complexity index is 319. The lowest BCUT2D eigenvalue weighted by Crippen LogP contribution is -1.73. The van der Waals surface area contributed by atoms with Crippen molar-refractivity contribution in [2.75, 3.05) is 0 Å². The molecule has 1 nitrogen and oxygen atoms in total. The molecule has 0 fully saturated rings. The molecule has 0 aromatic heterocycles. The summed E-state index contributed by atoms with van der Waals surface area (Å²) in [7, 11) is 0. The van der Waals surface area contributed by atoms with Crippen LogP contribution in [0.3, 0.4) is 0 Å². The lowest BCUT2D eigenvalue weighted by Gasteiger charge is -1.81. The van der Waals surface area contributed by atoms with Gasteiger partial charge in [0.05, 0.1) is 0 Å². The Labute approximate surface area is 96.2 Å². The molecule has 0 heterocycles. The lowest BCUT2D eigenvalue weighted by molar-refractivity contribution is 0.112. The van der Waals surface area contributed by atoms with Crippen LogP contribution >= 0.6 is 12.4 Å². The van der Waals surface area contributed by atoms with Crippen LogP contribution in [0.1, 0.15) is 10.4 Å². The predicted octanol–water partition coefficient (Wildman–Crippen LogP) is 3.61. The highest BCUT2D eigenvalue weighted by Crippen LogP contribution is 1.91. The van der Waals surface area contributed by atoms with Crippen LogP contribution in [0.25, 0.3) is 0 Å². The second-order valence-corrected chi connectivity index (χ2v) is 2.68. The van der Waals surface area contributed by atoms with E-state index in [-0.39, 0.29) is 12.4 Å². The average molecular weight is 221 g/mol. The minimum atomic E-state index is 0. The van der Waals surface area contributed by atoms with Crippen LogP contribution in [0.4, 0.5) is 0 Å². The number of halogens is 1. The first-order valence-electron chi connectivity index (χ1n) is 4.44. The van der Waals surface area contributed by atoms with Gasteiger partial charge in [0.2, 0.25) is 0 Å². The van der Waals surface area contributed by atoms with E-state index in [1.54, 1.807) is 12.1 Å². The first-order valence-corrected chi connectivity index (χ1v) is 4.44.